The number of anilines is 1. The van der Waals surface area contributed by atoms with Crippen LogP contribution in [0.15, 0.2) is 5.38 Å². The first-order valence-electron chi connectivity index (χ1n) is 5.14. The molecule has 5 heteroatoms. The number of nitrogens with one attached hydrogen (secondary N) is 1. The first kappa shape index (κ1) is 10.4. The van der Waals surface area contributed by atoms with E-state index < -0.39 is 0 Å². The molecule has 0 spiro atoms. The van der Waals surface area contributed by atoms with E-state index in [0.29, 0.717) is 16.2 Å². The number of hydrogen-bond acceptors (Lipinski definition) is 4. The molecule has 3 N–H and O–H groups in total. The predicted molar refractivity (Wildman–Crippen MR) is 60.8 cm³/mol. The molecule has 1 fully saturated rings. The monoisotopic (exact) mass is 225 g/mol. The molecule has 0 unspecified atom stereocenters. The topological polar surface area (TPSA) is 68.0 Å². The highest BCUT2D eigenvalue weighted by Gasteiger charge is 2.40. The van der Waals surface area contributed by atoms with E-state index in [1.165, 1.54) is 24.2 Å². The highest BCUT2D eigenvalue weighted by molar-refractivity contribution is 7.13. The quantitative estimate of drug-likeness (QED) is 0.818. The molecule has 1 saturated carbocycles. The molecule has 1 aromatic heterocycles. The van der Waals surface area contributed by atoms with Crippen molar-refractivity contribution in [1.29, 1.82) is 0 Å². The number of rotatable bonds is 4. The van der Waals surface area contributed by atoms with E-state index in [2.05, 4.69) is 17.2 Å². The number of thiazole rings is 1. The van der Waals surface area contributed by atoms with E-state index in [-0.39, 0.29) is 5.91 Å². The van der Waals surface area contributed by atoms with Crippen LogP contribution in [-0.4, -0.2) is 17.4 Å². The Balaban J connectivity index is 1.88. The molecule has 1 heterocycles. The van der Waals surface area contributed by atoms with Gasteiger partial charge in [-0.3, -0.25) is 4.79 Å². The number of hydrogen-bond donors (Lipinski definition) is 2. The van der Waals surface area contributed by atoms with Crippen molar-refractivity contribution in [1.82, 2.24) is 10.3 Å². The summed E-state index contributed by atoms with van der Waals surface area (Å²) in [5.74, 6) is -0.109. The van der Waals surface area contributed by atoms with Crippen molar-refractivity contribution in [2.45, 2.75) is 26.2 Å². The lowest BCUT2D eigenvalue weighted by Gasteiger charge is -2.12. The number of amides is 1. The van der Waals surface area contributed by atoms with E-state index in [4.69, 9.17) is 5.73 Å². The molecule has 1 aromatic rings. The summed E-state index contributed by atoms with van der Waals surface area (Å²) in [6.07, 6.45) is 3.58. The Morgan fingerprint density at radius 3 is 2.93 bits per heavy atom. The number of nitrogen functional groups attached to an aromatic ring is 1. The minimum Gasteiger partial charge on any atom is -0.375 e. The van der Waals surface area contributed by atoms with Crippen LogP contribution in [0.2, 0.25) is 0 Å². The second-order valence-electron chi connectivity index (χ2n) is 4.11. The van der Waals surface area contributed by atoms with E-state index in [1.54, 1.807) is 5.38 Å². The fourth-order valence-electron chi connectivity index (χ4n) is 1.58. The fraction of sp³-hybridized carbons (Fsp3) is 0.600. The summed E-state index contributed by atoms with van der Waals surface area (Å²) in [4.78, 5) is 15.6. The smallest absolute Gasteiger partial charge is 0.270 e. The van der Waals surface area contributed by atoms with Crippen LogP contribution in [0.4, 0.5) is 5.13 Å². The Kier molecular flexibility index (Phi) is 2.65. The summed E-state index contributed by atoms with van der Waals surface area (Å²) >= 11 is 1.29. The largest absolute Gasteiger partial charge is 0.375 e. The molecule has 2 rings (SSSR count). The number of nitrogens with zero attached hydrogens (tertiary/aromatic N) is 1. The average molecular weight is 225 g/mol. The third-order valence-corrected chi connectivity index (χ3v) is 3.76. The average Bonchev–Trinajstić information content (AvgIpc) is 2.90. The third-order valence-electron chi connectivity index (χ3n) is 3.09. The van der Waals surface area contributed by atoms with Gasteiger partial charge in [0.05, 0.1) is 0 Å². The number of nitrogens with two attached hydrogens (primary N) is 1. The third kappa shape index (κ3) is 2.28. The molecule has 0 atom stereocenters. The van der Waals surface area contributed by atoms with Gasteiger partial charge < -0.3 is 11.1 Å². The van der Waals surface area contributed by atoms with E-state index in [9.17, 15) is 4.79 Å². The lowest BCUT2D eigenvalue weighted by molar-refractivity contribution is 0.0940. The molecular formula is C10H15N3OS. The van der Waals surface area contributed by atoms with Crippen LogP contribution >= 0.6 is 11.3 Å². The van der Waals surface area contributed by atoms with Gasteiger partial charge in [0.2, 0.25) is 0 Å². The van der Waals surface area contributed by atoms with Crippen LogP contribution in [0.5, 0.6) is 0 Å². The Hall–Kier alpha value is -1.10. The van der Waals surface area contributed by atoms with E-state index in [1.807, 2.05) is 0 Å². The lowest BCUT2D eigenvalue weighted by Crippen LogP contribution is -2.30. The normalized spacial score (nSPS) is 17.4. The number of carbonyl (C=O) groups is 1. The SMILES string of the molecule is CCC1(CNC(=O)c2csc(N)n2)CC1. The zero-order valence-corrected chi connectivity index (χ0v) is 9.56. The van der Waals surface area contributed by atoms with Gasteiger partial charge in [-0.25, -0.2) is 4.98 Å². The Morgan fingerprint density at radius 1 is 1.73 bits per heavy atom. The molecule has 1 aliphatic rings. The number of aromatic nitrogens is 1. The van der Waals surface area contributed by atoms with E-state index >= 15 is 0 Å². The zero-order chi connectivity index (χ0) is 10.9. The van der Waals surface area contributed by atoms with Gasteiger partial charge in [-0.1, -0.05) is 6.92 Å². The Morgan fingerprint density at radius 2 is 2.47 bits per heavy atom. The number of carbonyl (C=O) groups excluding carboxylic acids is 1. The van der Waals surface area contributed by atoms with Gasteiger partial charge in [-0.05, 0) is 24.7 Å². The van der Waals surface area contributed by atoms with Crippen LogP contribution in [-0.2, 0) is 0 Å². The van der Waals surface area contributed by atoms with Crippen molar-refractivity contribution in [2.75, 3.05) is 12.3 Å². The summed E-state index contributed by atoms with van der Waals surface area (Å²) in [5, 5.41) is 5.05. The maximum atomic E-state index is 11.6. The van der Waals surface area contributed by atoms with Gasteiger partial charge >= 0.3 is 0 Å². The van der Waals surface area contributed by atoms with Crippen molar-refractivity contribution in [3.05, 3.63) is 11.1 Å². The summed E-state index contributed by atoms with van der Waals surface area (Å²) in [6, 6.07) is 0. The summed E-state index contributed by atoms with van der Waals surface area (Å²) in [6.45, 7) is 2.93. The summed E-state index contributed by atoms with van der Waals surface area (Å²) in [5.41, 5.74) is 6.27. The zero-order valence-electron chi connectivity index (χ0n) is 8.75. The molecule has 0 aromatic carbocycles. The van der Waals surface area contributed by atoms with Crippen LogP contribution in [0.3, 0.4) is 0 Å². The molecule has 0 bridgehead atoms. The molecule has 0 radical (unpaired) electrons. The van der Waals surface area contributed by atoms with Crippen molar-refractivity contribution < 1.29 is 4.79 Å². The van der Waals surface area contributed by atoms with Crippen LogP contribution in [0.1, 0.15) is 36.7 Å². The van der Waals surface area contributed by atoms with E-state index in [0.717, 1.165) is 13.0 Å². The van der Waals surface area contributed by atoms with Gasteiger partial charge in [0.25, 0.3) is 5.91 Å². The molecule has 15 heavy (non-hydrogen) atoms. The molecule has 0 aliphatic heterocycles. The van der Waals surface area contributed by atoms with Crippen molar-refractivity contribution in [3.63, 3.8) is 0 Å². The van der Waals surface area contributed by atoms with Crippen LogP contribution in [0.25, 0.3) is 0 Å². The molecular weight excluding hydrogens is 210 g/mol. The van der Waals surface area contributed by atoms with Gasteiger partial charge in [0, 0.05) is 11.9 Å². The second-order valence-corrected chi connectivity index (χ2v) is 5.00. The highest BCUT2D eigenvalue weighted by Crippen LogP contribution is 2.47. The van der Waals surface area contributed by atoms with Crippen LogP contribution < -0.4 is 11.1 Å². The molecule has 0 saturated heterocycles. The van der Waals surface area contributed by atoms with Crippen molar-refractivity contribution in [2.24, 2.45) is 5.41 Å². The van der Waals surface area contributed by atoms with Gasteiger partial charge in [-0.15, -0.1) is 11.3 Å². The molecule has 82 valence electrons. The van der Waals surface area contributed by atoms with Gasteiger partial charge in [0.1, 0.15) is 5.69 Å². The minimum absolute atomic E-state index is 0.109. The predicted octanol–water partition coefficient (Wildman–Crippen LogP) is 1.65. The molecule has 1 aliphatic carbocycles. The Labute approximate surface area is 92.9 Å². The fourth-order valence-corrected chi connectivity index (χ4v) is 2.13. The summed E-state index contributed by atoms with van der Waals surface area (Å²) < 4.78 is 0. The minimum atomic E-state index is -0.109. The van der Waals surface area contributed by atoms with Crippen LogP contribution in [0, 0.1) is 5.41 Å². The lowest BCUT2D eigenvalue weighted by atomic mass is 10.0. The maximum Gasteiger partial charge on any atom is 0.270 e. The van der Waals surface area contributed by atoms with Crippen molar-refractivity contribution >= 4 is 22.4 Å². The highest BCUT2D eigenvalue weighted by atomic mass is 32.1. The maximum absolute atomic E-state index is 11.6. The Bertz CT molecular complexity index is 370. The standard InChI is InChI=1S/C10H15N3OS/c1-2-10(3-4-10)6-12-8(14)7-5-15-9(11)13-7/h5H,2-4,6H2,1H3,(H2,11,13)(H,12,14). The van der Waals surface area contributed by atoms with Crippen molar-refractivity contribution in [3.8, 4) is 0 Å². The van der Waals surface area contributed by atoms with Gasteiger partial charge in [0.15, 0.2) is 5.13 Å². The molecule has 1 amide bonds. The molecule has 4 nitrogen and oxygen atoms in total. The second kappa shape index (κ2) is 3.81. The first-order chi connectivity index (χ1) is 7.15. The first-order valence-corrected chi connectivity index (χ1v) is 6.02. The van der Waals surface area contributed by atoms with Gasteiger partial charge in [-0.2, -0.15) is 0 Å². The summed E-state index contributed by atoms with van der Waals surface area (Å²) in [7, 11) is 0.